The zero-order valence-electron chi connectivity index (χ0n) is 16.4. The van der Waals surface area contributed by atoms with E-state index in [0.29, 0.717) is 22.8 Å². The molecule has 0 atom stereocenters. The van der Waals surface area contributed by atoms with Crippen LogP contribution in [0.1, 0.15) is 11.1 Å². The molecule has 160 valence electrons. The lowest BCUT2D eigenvalue weighted by Crippen LogP contribution is -2.01. The molecule has 4 aromatic rings. The van der Waals surface area contributed by atoms with Gasteiger partial charge in [-0.1, -0.05) is 56.1 Å². The van der Waals surface area contributed by atoms with Gasteiger partial charge in [-0.15, -0.1) is 10.2 Å². The Morgan fingerprint density at radius 2 is 1.12 bits per heavy atom. The fourth-order valence-electron chi connectivity index (χ4n) is 2.85. The van der Waals surface area contributed by atoms with E-state index in [1.54, 1.807) is 36.4 Å². The number of fused-ring (bicyclic) bond motifs is 1. The van der Waals surface area contributed by atoms with Crippen LogP contribution < -0.4 is 10.9 Å². The summed E-state index contributed by atoms with van der Waals surface area (Å²) in [5.41, 5.74) is 6.84. The predicted octanol–water partition coefficient (Wildman–Crippen LogP) is 5.46. The smallest absolute Gasteiger partial charge is 0.176 e. The van der Waals surface area contributed by atoms with Crippen molar-refractivity contribution in [2.75, 3.05) is 10.9 Å². The largest absolute Gasteiger partial charge is 0.507 e. The monoisotopic (exact) mass is 554 g/mol. The van der Waals surface area contributed by atoms with Gasteiger partial charge < -0.3 is 10.2 Å². The summed E-state index contributed by atoms with van der Waals surface area (Å²) in [5, 5.41) is 38.2. The normalized spacial score (nSPS) is 11.4. The first kappa shape index (κ1) is 21.7. The van der Waals surface area contributed by atoms with Crippen LogP contribution in [0.5, 0.6) is 11.5 Å². The van der Waals surface area contributed by atoms with E-state index >= 15 is 0 Å². The number of hydrazone groups is 2. The molecule has 0 aliphatic carbocycles. The number of hydrogen-bond acceptors (Lipinski definition) is 8. The Balaban J connectivity index is 1.56. The molecule has 0 spiro atoms. The molecule has 3 aromatic carbocycles. The molecular formula is C22H16Br2N6O2. The maximum Gasteiger partial charge on any atom is 0.176 e. The van der Waals surface area contributed by atoms with Gasteiger partial charge in [0, 0.05) is 30.8 Å². The highest BCUT2D eigenvalue weighted by atomic mass is 79.9. The molecule has 8 nitrogen and oxygen atoms in total. The Kier molecular flexibility index (Phi) is 6.62. The van der Waals surface area contributed by atoms with Crippen LogP contribution in [0.2, 0.25) is 0 Å². The first-order valence-electron chi connectivity index (χ1n) is 9.32. The number of nitrogens with one attached hydrogen (secondary N) is 2. The number of hydrogen-bond donors (Lipinski definition) is 4. The van der Waals surface area contributed by atoms with Crippen molar-refractivity contribution in [3.63, 3.8) is 0 Å². The van der Waals surface area contributed by atoms with Crippen LogP contribution in [0.4, 0.5) is 11.6 Å². The van der Waals surface area contributed by atoms with Crippen LogP contribution in [-0.4, -0.2) is 32.8 Å². The minimum Gasteiger partial charge on any atom is -0.507 e. The standard InChI is InChI=1S/C22H16Br2N6O2/c23-15-5-7-19(31)13(9-15)11-25-27-21-17-3-1-2-4-18(17)22(30-29-21)28-26-12-14-10-16(24)6-8-20(14)32/h1-12,31-32H,(H,27,29)(H,28,30). The average molecular weight is 556 g/mol. The van der Waals surface area contributed by atoms with Gasteiger partial charge in [0.25, 0.3) is 0 Å². The first-order valence-corrected chi connectivity index (χ1v) is 10.9. The Morgan fingerprint density at radius 1 is 0.688 bits per heavy atom. The molecule has 0 aliphatic rings. The fraction of sp³-hybridized carbons (Fsp3) is 0. The van der Waals surface area contributed by atoms with Gasteiger partial charge in [0.1, 0.15) is 11.5 Å². The summed E-state index contributed by atoms with van der Waals surface area (Å²) < 4.78 is 1.66. The van der Waals surface area contributed by atoms with E-state index in [9.17, 15) is 10.2 Å². The SMILES string of the molecule is Oc1ccc(Br)cc1C=NNc1nnc(NN=Cc2cc(Br)ccc2O)c2ccccc12. The Hall–Kier alpha value is -3.50. The lowest BCUT2D eigenvalue weighted by atomic mass is 10.2. The Labute approximate surface area is 200 Å². The van der Waals surface area contributed by atoms with E-state index in [2.05, 4.69) is 63.1 Å². The van der Waals surface area contributed by atoms with Gasteiger partial charge in [-0.3, -0.25) is 10.9 Å². The quantitative estimate of drug-likeness (QED) is 0.185. The lowest BCUT2D eigenvalue weighted by Gasteiger charge is -2.08. The van der Waals surface area contributed by atoms with Gasteiger partial charge >= 0.3 is 0 Å². The third-order valence-electron chi connectivity index (χ3n) is 4.41. The van der Waals surface area contributed by atoms with Gasteiger partial charge in [-0.25, -0.2) is 0 Å². The topological polar surface area (TPSA) is 115 Å². The third kappa shape index (κ3) is 5.04. The van der Waals surface area contributed by atoms with Gasteiger partial charge in [0.15, 0.2) is 11.6 Å². The van der Waals surface area contributed by atoms with Gasteiger partial charge in [-0.2, -0.15) is 10.2 Å². The van der Waals surface area contributed by atoms with Crippen molar-refractivity contribution < 1.29 is 10.2 Å². The van der Waals surface area contributed by atoms with E-state index in [0.717, 1.165) is 19.7 Å². The number of rotatable bonds is 6. The number of benzene rings is 3. The molecule has 0 bridgehead atoms. The molecule has 1 heterocycles. The summed E-state index contributed by atoms with van der Waals surface area (Å²) in [6.45, 7) is 0. The Bertz CT molecular complexity index is 1240. The molecule has 0 saturated heterocycles. The van der Waals surface area contributed by atoms with Crippen LogP contribution >= 0.6 is 31.9 Å². The second-order valence-electron chi connectivity index (χ2n) is 6.59. The molecular weight excluding hydrogens is 540 g/mol. The molecule has 0 unspecified atom stereocenters. The van der Waals surface area contributed by atoms with Gasteiger partial charge in [0.2, 0.25) is 0 Å². The van der Waals surface area contributed by atoms with Crippen molar-refractivity contribution in [3.05, 3.63) is 80.7 Å². The first-order chi connectivity index (χ1) is 15.5. The maximum atomic E-state index is 9.93. The lowest BCUT2D eigenvalue weighted by molar-refractivity contribution is 0.474. The van der Waals surface area contributed by atoms with E-state index < -0.39 is 0 Å². The van der Waals surface area contributed by atoms with Gasteiger partial charge in [-0.05, 0) is 36.4 Å². The zero-order valence-corrected chi connectivity index (χ0v) is 19.5. The van der Waals surface area contributed by atoms with Crippen LogP contribution in [0.3, 0.4) is 0 Å². The van der Waals surface area contributed by atoms with E-state index in [-0.39, 0.29) is 11.5 Å². The van der Waals surface area contributed by atoms with Gasteiger partial charge in [0.05, 0.1) is 12.4 Å². The fourth-order valence-corrected chi connectivity index (χ4v) is 3.61. The summed E-state index contributed by atoms with van der Waals surface area (Å²) in [7, 11) is 0. The van der Waals surface area contributed by atoms with Crippen LogP contribution in [0, 0.1) is 0 Å². The molecule has 0 radical (unpaired) electrons. The Morgan fingerprint density at radius 3 is 1.56 bits per heavy atom. The summed E-state index contributed by atoms with van der Waals surface area (Å²) in [6.07, 6.45) is 2.99. The second kappa shape index (κ2) is 9.75. The number of aromatic nitrogens is 2. The number of anilines is 2. The molecule has 0 aliphatic heterocycles. The van der Waals surface area contributed by atoms with Crippen molar-refractivity contribution in [1.29, 1.82) is 0 Å². The summed E-state index contributed by atoms with van der Waals surface area (Å²) in [4.78, 5) is 0. The van der Waals surface area contributed by atoms with E-state index in [1.165, 1.54) is 12.4 Å². The molecule has 0 fully saturated rings. The van der Waals surface area contributed by atoms with Crippen molar-refractivity contribution in [2.24, 2.45) is 10.2 Å². The van der Waals surface area contributed by atoms with Crippen LogP contribution in [0.25, 0.3) is 10.8 Å². The van der Waals surface area contributed by atoms with Crippen molar-refractivity contribution >= 4 is 66.7 Å². The number of aromatic hydroxyl groups is 2. The van der Waals surface area contributed by atoms with Crippen LogP contribution in [-0.2, 0) is 0 Å². The average Bonchev–Trinajstić information content (AvgIpc) is 2.79. The molecule has 4 N–H and O–H groups in total. The summed E-state index contributed by atoms with van der Waals surface area (Å²) in [6, 6.07) is 17.7. The van der Waals surface area contributed by atoms with E-state index in [4.69, 9.17) is 0 Å². The predicted molar refractivity (Wildman–Crippen MR) is 134 cm³/mol. The number of phenols is 2. The molecule has 32 heavy (non-hydrogen) atoms. The summed E-state index contributed by atoms with van der Waals surface area (Å²) >= 11 is 6.73. The number of halogens is 2. The molecule has 0 saturated carbocycles. The minimum atomic E-state index is 0.114. The minimum absolute atomic E-state index is 0.114. The third-order valence-corrected chi connectivity index (χ3v) is 5.40. The molecule has 10 heteroatoms. The van der Waals surface area contributed by atoms with Crippen LogP contribution in [0.15, 0.2) is 79.8 Å². The van der Waals surface area contributed by atoms with Crippen molar-refractivity contribution in [1.82, 2.24) is 10.2 Å². The molecule has 4 rings (SSSR count). The highest BCUT2D eigenvalue weighted by Crippen LogP contribution is 2.26. The maximum absolute atomic E-state index is 9.93. The highest BCUT2D eigenvalue weighted by Gasteiger charge is 2.08. The molecule has 1 aromatic heterocycles. The summed E-state index contributed by atoms with van der Waals surface area (Å²) in [5.74, 6) is 1.13. The van der Waals surface area contributed by atoms with Crippen molar-refractivity contribution in [3.8, 4) is 11.5 Å². The number of phenolic OH excluding ortho intramolecular Hbond substituents is 2. The van der Waals surface area contributed by atoms with E-state index in [1.807, 2.05) is 24.3 Å². The molecule has 0 amide bonds. The number of nitrogens with zero attached hydrogens (tertiary/aromatic N) is 4. The van der Waals surface area contributed by atoms with Crippen molar-refractivity contribution in [2.45, 2.75) is 0 Å². The highest BCUT2D eigenvalue weighted by molar-refractivity contribution is 9.10. The zero-order chi connectivity index (χ0) is 22.5. The second-order valence-corrected chi connectivity index (χ2v) is 8.42.